The van der Waals surface area contributed by atoms with Crippen molar-refractivity contribution in [2.75, 3.05) is 36.5 Å². The highest BCUT2D eigenvalue weighted by atomic mass is 35.5. The molecule has 1 aromatic carbocycles. The largest absolute Gasteiger partial charge is 0.371 e. The van der Waals surface area contributed by atoms with Gasteiger partial charge in [-0.15, -0.1) is 24.8 Å². The number of halogens is 2. The lowest BCUT2D eigenvalue weighted by molar-refractivity contribution is -0.119. The predicted molar refractivity (Wildman–Crippen MR) is 92.2 cm³/mol. The molecule has 2 heterocycles. The molecule has 0 aliphatic carbocycles. The Bertz CT molecular complexity index is 478. The van der Waals surface area contributed by atoms with E-state index in [1.807, 2.05) is 23.1 Å². The second-order valence-electron chi connectivity index (χ2n) is 5.45. The molecule has 0 saturated carbocycles. The van der Waals surface area contributed by atoms with E-state index in [-0.39, 0.29) is 30.7 Å². The molecule has 1 unspecified atom stereocenters. The molecule has 0 bridgehead atoms. The van der Waals surface area contributed by atoms with E-state index in [1.165, 1.54) is 6.42 Å². The van der Waals surface area contributed by atoms with E-state index in [0.717, 1.165) is 37.4 Å². The number of nitrogens with one attached hydrogen (secondary N) is 1. The summed E-state index contributed by atoms with van der Waals surface area (Å²) in [4.78, 5) is 16.7. The van der Waals surface area contributed by atoms with Gasteiger partial charge in [-0.25, -0.2) is 0 Å². The second-order valence-corrected chi connectivity index (χ2v) is 5.45. The topological polar surface area (TPSA) is 35.6 Å². The molecular weight excluding hydrogens is 309 g/mol. The molecule has 0 spiro atoms. The number of anilines is 2. The monoisotopic (exact) mass is 331 g/mol. The van der Waals surface area contributed by atoms with Crippen molar-refractivity contribution < 1.29 is 4.79 Å². The molecule has 1 fully saturated rings. The highest BCUT2D eigenvalue weighted by Gasteiger charge is 2.27. The van der Waals surface area contributed by atoms with Crippen LogP contribution in [-0.2, 0) is 4.79 Å². The summed E-state index contributed by atoms with van der Waals surface area (Å²) < 4.78 is 0. The second kappa shape index (κ2) is 7.87. The fraction of sp³-hybridized carbons (Fsp3) is 0.533. The molecule has 1 N–H and O–H groups in total. The molecule has 0 radical (unpaired) electrons. The number of nitrogens with zero attached hydrogens (tertiary/aromatic N) is 2. The third-order valence-electron chi connectivity index (χ3n) is 4.13. The van der Waals surface area contributed by atoms with Crippen molar-refractivity contribution in [2.24, 2.45) is 0 Å². The Balaban J connectivity index is 0.00000110. The van der Waals surface area contributed by atoms with Gasteiger partial charge in [0.05, 0.1) is 11.4 Å². The molecule has 6 heteroatoms. The van der Waals surface area contributed by atoms with Gasteiger partial charge in [0, 0.05) is 32.6 Å². The van der Waals surface area contributed by atoms with Gasteiger partial charge in [0.1, 0.15) is 0 Å². The fourth-order valence-electron chi connectivity index (χ4n) is 3.02. The van der Waals surface area contributed by atoms with Gasteiger partial charge in [-0.3, -0.25) is 4.79 Å². The number of fused-ring (bicyclic) bond motifs is 1. The van der Waals surface area contributed by atoms with E-state index >= 15 is 0 Å². The fourth-order valence-corrected chi connectivity index (χ4v) is 3.02. The van der Waals surface area contributed by atoms with Crippen LogP contribution in [0, 0.1) is 0 Å². The minimum atomic E-state index is 0. The first-order valence-corrected chi connectivity index (χ1v) is 7.09. The summed E-state index contributed by atoms with van der Waals surface area (Å²) in [6, 6.07) is 8.54. The van der Waals surface area contributed by atoms with Gasteiger partial charge in [0.2, 0.25) is 5.91 Å². The lowest BCUT2D eigenvalue weighted by Crippen LogP contribution is -2.44. The zero-order valence-corrected chi connectivity index (χ0v) is 13.9. The van der Waals surface area contributed by atoms with E-state index in [1.54, 1.807) is 0 Å². The van der Waals surface area contributed by atoms with Gasteiger partial charge in [0.25, 0.3) is 0 Å². The summed E-state index contributed by atoms with van der Waals surface area (Å²) in [5, 5.41) is 3.40. The smallest absolute Gasteiger partial charge is 0.228 e. The number of hydrogen-bond donors (Lipinski definition) is 1. The summed E-state index contributed by atoms with van der Waals surface area (Å²) in [5.74, 6) is 0.250. The van der Waals surface area contributed by atoms with Crippen LogP contribution in [-0.4, -0.2) is 38.6 Å². The molecule has 3 rings (SSSR count). The van der Waals surface area contributed by atoms with E-state index in [9.17, 15) is 4.79 Å². The van der Waals surface area contributed by atoms with Crippen molar-refractivity contribution in [2.45, 2.75) is 25.3 Å². The van der Waals surface area contributed by atoms with E-state index in [2.05, 4.69) is 23.3 Å². The van der Waals surface area contributed by atoms with Crippen molar-refractivity contribution in [1.29, 1.82) is 0 Å². The lowest BCUT2D eigenvalue weighted by atomic mass is 10.1. The van der Waals surface area contributed by atoms with Crippen LogP contribution in [0.4, 0.5) is 11.4 Å². The molecule has 1 atom stereocenters. The number of para-hydroxylation sites is 2. The van der Waals surface area contributed by atoms with Gasteiger partial charge in [-0.2, -0.15) is 0 Å². The van der Waals surface area contributed by atoms with Gasteiger partial charge >= 0.3 is 0 Å². The van der Waals surface area contributed by atoms with Crippen molar-refractivity contribution in [3.63, 3.8) is 0 Å². The Labute approximate surface area is 138 Å². The third-order valence-corrected chi connectivity index (χ3v) is 4.13. The molecular formula is C15H23Cl2N3O. The Kier molecular flexibility index (Phi) is 6.78. The molecule has 0 aromatic heterocycles. The van der Waals surface area contributed by atoms with Crippen molar-refractivity contribution in [3.8, 4) is 0 Å². The van der Waals surface area contributed by atoms with Crippen LogP contribution < -0.4 is 15.1 Å². The minimum Gasteiger partial charge on any atom is -0.371 e. The van der Waals surface area contributed by atoms with Crippen LogP contribution in [0.5, 0.6) is 0 Å². The average molecular weight is 332 g/mol. The van der Waals surface area contributed by atoms with Crippen LogP contribution in [0.25, 0.3) is 0 Å². The zero-order valence-electron chi connectivity index (χ0n) is 12.2. The molecule has 1 aromatic rings. The van der Waals surface area contributed by atoms with Crippen molar-refractivity contribution >= 4 is 42.1 Å². The first-order valence-electron chi connectivity index (χ1n) is 7.09. The summed E-state index contributed by atoms with van der Waals surface area (Å²) in [5.41, 5.74) is 2.21. The predicted octanol–water partition coefficient (Wildman–Crippen LogP) is 2.46. The van der Waals surface area contributed by atoms with Crippen LogP contribution >= 0.6 is 24.8 Å². The summed E-state index contributed by atoms with van der Waals surface area (Å²) in [6.07, 6.45) is 2.94. The van der Waals surface area contributed by atoms with E-state index in [0.29, 0.717) is 12.5 Å². The Morgan fingerprint density at radius 3 is 2.62 bits per heavy atom. The Morgan fingerprint density at radius 1 is 1.24 bits per heavy atom. The summed E-state index contributed by atoms with van der Waals surface area (Å²) >= 11 is 0. The molecule has 1 saturated heterocycles. The first-order chi connectivity index (χ1) is 9.25. The first kappa shape index (κ1) is 18.1. The number of benzene rings is 1. The minimum absolute atomic E-state index is 0. The van der Waals surface area contributed by atoms with Gasteiger partial charge in [-0.05, 0) is 31.5 Å². The maximum absolute atomic E-state index is 12.5. The lowest BCUT2D eigenvalue weighted by Gasteiger charge is -2.36. The van der Waals surface area contributed by atoms with Crippen molar-refractivity contribution in [1.82, 2.24) is 5.32 Å². The molecule has 4 nitrogen and oxygen atoms in total. The number of rotatable bonds is 2. The molecule has 2 aliphatic rings. The number of likely N-dealkylation sites (N-methyl/N-ethyl adjacent to an activating group) is 1. The summed E-state index contributed by atoms with van der Waals surface area (Å²) in [7, 11) is 2.08. The Hall–Kier alpha value is -0.970. The van der Waals surface area contributed by atoms with E-state index in [4.69, 9.17) is 0 Å². The number of amides is 1. The molecule has 118 valence electrons. The standard InChI is InChI=1S/C15H21N3O.2ClH/c1-17-9-10-18(14-7-3-2-6-13(14)17)15(19)11-12-5-4-8-16-12;;/h2-3,6-7,12,16H,4-5,8-11H2,1H3;2*1H. The van der Waals surface area contributed by atoms with Crippen molar-refractivity contribution in [3.05, 3.63) is 24.3 Å². The maximum Gasteiger partial charge on any atom is 0.228 e. The highest BCUT2D eigenvalue weighted by Crippen LogP contribution is 2.32. The SMILES string of the molecule is CN1CCN(C(=O)CC2CCCN2)c2ccccc21.Cl.Cl. The van der Waals surface area contributed by atoms with Gasteiger partial charge in [0.15, 0.2) is 0 Å². The molecule has 21 heavy (non-hydrogen) atoms. The number of carbonyl (C=O) groups excluding carboxylic acids is 1. The Morgan fingerprint density at radius 2 is 1.95 bits per heavy atom. The van der Waals surface area contributed by atoms with Crippen LogP contribution in [0.3, 0.4) is 0 Å². The highest BCUT2D eigenvalue weighted by molar-refractivity contribution is 5.98. The summed E-state index contributed by atoms with van der Waals surface area (Å²) in [6.45, 7) is 2.75. The average Bonchev–Trinajstić information content (AvgIpc) is 2.92. The molecule has 2 aliphatic heterocycles. The zero-order chi connectivity index (χ0) is 13.2. The van der Waals surface area contributed by atoms with Crippen LogP contribution in [0.15, 0.2) is 24.3 Å². The quantitative estimate of drug-likeness (QED) is 0.904. The van der Waals surface area contributed by atoms with E-state index < -0.39 is 0 Å². The number of hydrogen-bond acceptors (Lipinski definition) is 3. The van der Waals surface area contributed by atoms with Crippen LogP contribution in [0.2, 0.25) is 0 Å². The maximum atomic E-state index is 12.5. The van der Waals surface area contributed by atoms with Crippen LogP contribution in [0.1, 0.15) is 19.3 Å². The van der Waals surface area contributed by atoms with Gasteiger partial charge in [-0.1, -0.05) is 12.1 Å². The third kappa shape index (κ3) is 3.82. The van der Waals surface area contributed by atoms with Gasteiger partial charge < -0.3 is 15.1 Å². The molecule has 1 amide bonds. The number of carbonyl (C=O) groups is 1. The normalized spacial score (nSPS) is 20.3.